The van der Waals surface area contributed by atoms with Crippen LogP contribution in [-0.4, -0.2) is 30.6 Å². The predicted octanol–water partition coefficient (Wildman–Crippen LogP) is 3.65. The first-order chi connectivity index (χ1) is 8.67. The zero-order valence-electron chi connectivity index (χ0n) is 12.8. The van der Waals surface area contributed by atoms with E-state index in [0.29, 0.717) is 0 Å². The summed E-state index contributed by atoms with van der Waals surface area (Å²) in [5, 5.41) is 0. The van der Waals surface area contributed by atoms with Crippen LogP contribution in [-0.2, 0) is 0 Å². The van der Waals surface area contributed by atoms with E-state index in [2.05, 4.69) is 25.7 Å². The van der Waals surface area contributed by atoms with E-state index < -0.39 is 0 Å². The molecule has 1 aliphatic carbocycles. The standard InChI is InChI=1S/C16H34N2/c1-4-6-15(10-11-17)7-5-12-18(13-14(2)3)16-8-9-16/h14-16H,4-13,17H2,1-3H3. The van der Waals surface area contributed by atoms with Crippen LogP contribution in [0.2, 0.25) is 0 Å². The van der Waals surface area contributed by atoms with Gasteiger partial charge in [-0.25, -0.2) is 0 Å². The average Bonchev–Trinajstić information content (AvgIpc) is 3.11. The van der Waals surface area contributed by atoms with E-state index in [9.17, 15) is 0 Å². The molecule has 1 aliphatic rings. The van der Waals surface area contributed by atoms with Gasteiger partial charge in [-0.2, -0.15) is 0 Å². The van der Waals surface area contributed by atoms with Gasteiger partial charge in [0.1, 0.15) is 0 Å². The van der Waals surface area contributed by atoms with E-state index >= 15 is 0 Å². The largest absolute Gasteiger partial charge is 0.330 e. The van der Waals surface area contributed by atoms with Crippen LogP contribution in [0.1, 0.15) is 65.7 Å². The Morgan fingerprint density at radius 1 is 1.17 bits per heavy atom. The lowest BCUT2D eigenvalue weighted by molar-refractivity contribution is 0.222. The Morgan fingerprint density at radius 2 is 1.89 bits per heavy atom. The molecule has 0 aliphatic heterocycles. The molecular weight excluding hydrogens is 220 g/mol. The fourth-order valence-electron chi connectivity index (χ4n) is 2.99. The smallest absolute Gasteiger partial charge is 0.00965 e. The van der Waals surface area contributed by atoms with E-state index in [1.807, 2.05) is 0 Å². The van der Waals surface area contributed by atoms with Crippen LogP contribution in [0, 0.1) is 11.8 Å². The van der Waals surface area contributed by atoms with Gasteiger partial charge < -0.3 is 10.6 Å². The van der Waals surface area contributed by atoms with Gasteiger partial charge in [0, 0.05) is 12.6 Å². The SMILES string of the molecule is CCCC(CCN)CCCN(CC(C)C)C1CC1. The molecule has 1 fully saturated rings. The van der Waals surface area contributed by atoms with Gasteiger partial charge in [0.05, 0.1) is 0 Å². The Bertz CT molecular complexity index is 193. The van der Waals surface area contributed by atoms with E-state index in [4.69, 9.17) is 5.73 Å². The number of nitrogens with two attached hydrogens (primary N) is 1. The molecule has 0 spiro atoms. The van der Waals surface area contributed by atoms with Crippen molar-refractivity contribution in [2.24, 2.45) is 17.6 Å². The highest BCUT2D eigenvalue weighted by Gasteiger charge is 2.28. The molecule has 0 aromatic heterocycles. The van der Waals surface area contributed by atoms with E-state index in [-0.39, 0.29) is 0 Å². The topological polar surface area (TPSA) is 29.3 Å². The van der Waals surface area contributed by atoms with Crippen LogP contribution in [0.15, 0.2) is 0 Å². The maximum absolute atomic E-state index is 5.70. The Kier molecular flexibility index (Phi) is 7.92. The Balaban J connectivity index is 2.19. The first-order valence-electron chi connectivity index (χ1n) is 8.11. The third-order valence-corrected chi connectivity index (χ3v) is 3.99. The summed E-state index contributed by atoms with van der Waals surface area (Å²) in [5.74, 6) is 1.68. The second kappa shape index (κ2) is 8.92. The normalized spacial score (nSPS) is 17.7. The third kappa shape index (κ3) is 6.75. The van der Waals surface area contributed by atoms with E-state index in [1.165, 1.54) is 58.0 Å². The predicted molar refractivity (Wildman–Crippen MR) is 80.7 cm³/mol. The first-order valence-corrected chi connectivity index (χ1v) is 8.11. The van der Waals surface area contributed by atoms with Crippen molar-refractivity contribution >= 4 is 0 Å². The second-order valence-corrected chi connectivity index (χ2v) is 6.49. The molecule has 0 radical (unpaired) electrons. The van der Waals surface area contributed by atoms with Gasteiger partial charge in [-0.1, -0.05) is 33.6 Å². The lowest BCUT2D eigenvalue weighted by atomic mass is 9.94. The van der Waals surface area contributed by atoms with Crippen molar-refractivity contribution in [1.29, 1.82) is 0 Å². The summed E-state index contributed by atoms with van der Waals surface area (Å²) >= 11 is 0. The Hall–Kier alpha value is -0.0800. The lowest BCUT2D eigenvalue weighted by Crippen LogP contribution is -2.31. The zero-order chi connectivity index (χ0) is 13.4. The molecule has 0 aromatic rings. The molecule has 0 aromatic carbocycles. The minimum Gasteiger partial charge on any atom is -0.330 e. The van der Waals surface area contributed by atoms with Crippen LogP contribution in [0.4, 0.5) is 0 Å². The minimum absolute atomic E-state index is 0.807. The summed E-state index contributed by atoms with van der Waals surface area (Å²) in [6, 6.07) is 0.923. The molecule has 2 heteroatoms. The van der Waals surface area contributed by atoms with Crippen LogP contribution >= 0.6 is 0 Å². The molecule has 1 rings (SSSR count). The summed E-state index contributed by atoms with van der Waals surface area (Å²) < 4.78 is 0. The zero-order valence-corrected chi connectivity index (χ0v) is 12.8. The van der Waals surface area contributed by atoms with Crippen molar-refractivity contribution in [1.82, 2.24) is 4.90 Å². The molecule has 108 valence electrons. The quantitative estimate of drug-likeness (QED) is 0.610. The second-order valence-electron chi connectivity index (χ2n) is 6.49. The Morgan fingerprint density at radius 3 is 2.39 bits per heavy atom. The number of rotatable bonds is 11. The highest BCUT2D eigenvalue weighted by molar-refractivity contribution is 4.84. The summed E-state index contributed by atoms with van der Waals surface area (Å²) in [6.07, 6.45) is 9.53. The molecule has 0 heterocycles. The fraction of sp³-hybridized carbons (Fsp3) is 1.00. The molecular formula is C16H34N2. The van der Waals surface area contributed by atoms with Crippen molar-refractivity contribution in [3.05, 3.63) is 0 Å². The van der Waals surface area contributed by atoms with Crippen molar-refractivity contribution in [3.8, 4) is 0 Å². The third-order valence-electron chi connectivity index (χ3n) is 3.99. The molecule has 0 amide bonds. The van der Waals surface area contributed by atoms with Gasteiger partial charge >= 0.3 is 0 Å². The maximum Gasteiger partial charge on any atom is 0.00965 e. The van der Waals surface area contributed by atoms with Crippen molar-refractivity contribution < 1.29 is 0 Å². The number of hydrogen-bond donors (Lipinski definition) is 1. The number of hydrogen-bond acceptors (Lipinski definition) is 2. The molecule has 2 N–H and O–H groups in total. The summed E-state index contributed by atoms with van der Waals surface area (Å²) in [4.78, 5) is 2.73. The molecule has 1 atom stereocenters. The van der Waals surface area contributed by atoms with Gasteiger partial charge in [-0.15, -0.1) is 0 Å². The Labute approximate surface area is 114 Å². The lowest BCUT2D eigenvalue weighted by Gasteiger charge is -2.25. The van der Waals surface area contributed by atoms with Crippen molar-refractivity contribution in [2.45, 2.75) is 71.8 Å². The van der Waals surface area contributed by atoms with Gasteiger partial charge in [0.2, 0.25) is 0 Å². The maximum atomic E-state index is 5.70. The fourth-order valence-corrected chi connectivity index (χ4v) is 2.99. The van der Waals surface area contributed by atoms with Crippen molar-refractivity contribution in [2.75, 3.05) is 19.6 Å². The van der Waals surface area contributed by atoms with E-state index in [0.717, 1.165) is 24.4 Å². The van der Waals surface area contributed by atoms with Crippen molar-refractivity contribution in [3.63, 3.8) is 0 Å². The van der Waals surface area contributed by atoms with Crippen LogP contribution in [0.25, 0.3) is 0 Å². The molecule has 2 nitrogen and oxygen atoms in total. The van der Waals surface area contributed by atoms with E-state index in [1.54, 1.807) is 0 Å². The summed E-state index contributed by atoms with van der Waals surface area (Å²) in [6.45, 7) is 10.4. The van der Waals surface area contributed by atoms with Gasteiger partial charge in [0.25, 0.3) is 0 Å². The molecule has 0 saturated heterocycles. The van der Waals surface area contributed by atoms with Crippen LogP contribution in [0.5, 0.6) is 0 Å². The monoisotopic (exact) mass is 254 g/mol. The molecule has 1 saturated carbocycles. The molecule has 1 unspecified atom stereocenters. The van der Waals surface area contributed by atoms with Crippen LogP contribution in [0.3, 0.4) is 0 Å². The molecule has 18 heavy (non-hydrogen) atoms. The average molecular weight is 254 g/mol. The summed E-state index contributed by atoms with van der Waals surface area (Å²) in [7, 11) is 0. The van der Waals surface area contributed by atoms with Crippen LogP contribution < -0.4 is 5.73 Å². The van der Waals surface area contributed by atoms with Gasteiger partial charge in [-0.05, 0) is 57.0 Å². The van der Waals surface area contributed by atoms with Gasteiger partial charge in [0.15, 0.2) is 0 Å². The first kappa shape index (κ1) is 16.0. The highest BCUT2D eigenvalue weighted by Crippen LogP contribution is 2.28. The molecule has 0 bridgehead atoms. The number of nitrogens with zero attached hydrogens (tertiary/aromatic N) is 1. The summed E-state index contributed by atoms with van der Waals surface area (Å²) in [5.41, 5.74) is 5.70. The van der Waals surface area contributed by atoms with Gasteiger partial charge in [-0.3, -0.25) is 0 Å². The minimum atomic E-state index is 0.807. The highest BCUT2D eigenvalue weighted by atomic mass is 15.2.